The number of pyridine rings is 1. The molecule has 0 bridgehead atoms. The summed E-state index contributed by atoms with van der Waals surface area (Å²) in [6.45, 7) is 6.04. The molecule has 2 aliphatic heterocycles. The maximum absolute atomic E-state index is 6.47. The maximum atomic E-state index is 6.47. The number of para-hydroxylation sites is 1. The van der Waals surface area contributed by atoms with Crippen molar-refractivity contribution >= 4 is 33.3 Å². The van der Waals surface area contributed by atoms with E-state index in [9.17, 15) is 0 Å². The number of hydrogen-bond acceptors (Lipinski definition) is 6. The quantitative estimate of drug-likeness (QED) is 0.518. The van der Waals surface area contributed by atoms with Crippen LogP contribution in [0.15, 0.2) is 48.7 Å². The van der Waals surface area contributed by atoms with E-state index < -0.39 is 0 Å². The summed E-state index contributed by atoms with van der Waals surface area (Å²) in [4.78, 5) is 17.9. The Labute approximate surface area is 187 Å². The number of ether oxygens (including phenoxy) is 1. The molecule has 0 atom stereocenters. The van der Waals surface area contributed by atoms with Gasteiger partial charge >= 0.3 is 0 Å². The Morgan fingerprint density at radius 3 is 2.62 bits per heavy atom. The first-order valence-corrected chi connectivity index (χ1v) is 11.5. The van der Waals surface area contributed by atoms with Gasteiger partial charge < -0.3 is 20.4 Å². The van der Waals surface area contributed by atoms with E-state index in [4.69, 9.17) is 15.5 Å². The highest BCUT2D eigenvalue weighted by Gasteiger charge is 2.26. The van der Waals surface area contributed by atoms with Crippen molar-refractivity contribution < 1.29 is 4.74 Å². The number of fused-ring (bicyclic) bond motifs is 2. The first-order valence-electron chi connectivity index (χ1n) is 11.5. The van der Waals surface area contributed by atoms with Crippen molar-refractivity contribution in [3.05, 3.63) is 48.7 Å². The Morgan fingerprint density at radius 1 is 0.969 bits per heavy atom. The van der Waals surface area contributed by atoms with Gasteiger partial charge in [-0.1, -0.05) is 18.2 Å². The normalized spacial score (nSPS) is 18.6. The Balaban J connectivity index is 1.24. The lowest BCUT2D eigenvalue weighted by atomic mass is 10.0. The van der Waals surface area contributed by atoms with Crippen LogP contribution < -0.4 is 10.6 Å². The molecule has 164 valence electrons. The molecular formula is C25H28N6O. The van der Waals surface area contributed by atoms with Crippen LogP contribution in [0.25, 0.3) is 33.3 Å². The van der Waals surface area contributed by atoms with Gasteiger partial charge in [-0.15, -0.1) is 0 Å². The summed E-state index contributed by atoms with van der Waals surface area (Å²) < 4.78 is 5.51. The molecule has 0 amide bonds. The molecule has 0 unspecified atom stereocenters. The summed E-state index contributed by atoms with van der Waals surface area (Å²) in [6, 6.07) is 15.1. The van der Waals surface area contributed by atoms with E-state index in [1.54, 1.807) is 0 Å². The predicted octanol–water partition coefficient (Wildman–Crippen LogP) is 3.66. The van der Waals surface area contributed by atoms with Gasteiger partial charge in [0.2, 0.25) is 0 Å². The average Bonchev–Trinajstić information content (AvgIpc) is 3.28. The van der Waals surface area contributed by atoms with Gasteiger partial charge in [-0.25, -0.2) is 4.98 Å². The fraction of sp³-hybridized carbons (Fsp3) is 0.360. The maximum Gasteiger partial charge on any atom is 0.142 e. The molecule has 2 aromatic carbocycles. The number of anilines is 2. The van der Waals surface area contributed by atoms with E-state index in [1.807, 2.05) is 30.5 Å². The van der Waals surface area contributed by atoms with E-state index in [2.05, 4.69) is 38.0 Å². The first kappa shape index (κ1) is 19.5. The molecule has 32 heavy (non-hydrogen) atoms. The van der Waals surface area contributed by atoms with Gasteiger partial charge in [-0.05, 0) is 37.1 Å². The smallest absolute Gasteiger partial charge is 0.142 e. The molecule has 0 saturated carbocycles. The minimum absolute atomic E-state index is 0.681. The van der Waals surface area contributed by atoms with E-state index >= 15 is 0 Å². The second kappa shape index (κ2) is 8.07. The van der Waals surface area contributed by atoms with Crippen LogP contribution in [0.5, 0.6) is 0 Å². The summed E-state index contributed by atoms with van der Waals surface area (Å²) >= 11 is 0. The van der Waals surface area contributed by atoms with Gasteiger partial charge in [0, 0.05) is 49.5 Å². The second-order valence-electron chi connectivity index (χ2n) is 8.76. The third-order valence-electron chi connectivity index (χ3n) is 6.93. The van der Waals surface area contributed by atoms with Crippen LogP contribution in [0, 0.1) is 0 Å². The van der Waals surface area contributed by atoms with Crippen LogP contribution in [0.2, 0.25) is 0 Å². The molecular weight excluding hydrogens is 400 g/mol. The van der Waals surface area contributed by atoms with Gasteiger partial charge in [0.1, 0.15) is 5.82 Å². The zero-order valence-electron chi connectivity index (χ0n) is 18.1. The number of rotatable bonds is 3. The summed E-state index contributed by atoms with van der Waals surface area (Å²) in [6.07, 6.45) is 4.21. The number of piperidine rings is 1. The molecule has 0 aliphatic carbocycles. The molecule has 4 aromatic rings. The predicted molar refractivity (Wildman–Crippen MR) is 129 cm³/mol. The zero-order valence-corrected chi connectivity index (χ0v) is 18.1. The molecule has 2 fully saturated rings. The number of aromatic amines is 1. The minimum atomic E-state index is 0.681. The fourth-order valence-corrected chi connectivity index (χ4v) is 5.11. The lowest BCUT2D eigenvalue weighted by Gasteiger charge is -2.40. The number of aromatic nitrogens is 3. The van der Waals surface area contributed by atoms with E-state index in [0.717, 1.165) is 72.7 Å². The number of hydrogen-bond donors (Lipinski definition) is 2. The van der Waals surface area contributed by atoms with Gasteiger partial charge in [0.05, 0.1) is 41.0 Å². The molecule has 4 heterocycles. The van der Waals surface area contributed by atoms with E-state index in [-0.39, 0.29) is 0 Å². The number of nitrogens with one attached hydrogen (secondary N) is 1. The van der Waals surface area contributed by atoms with Crippen molar-refractivity contribution in [2.75, 3.05) is 50.0 Å². The van der Waals surface area contributed by atoms with Crippen LogP contribution in [-0.2, 0) is 4.74 Å². The van der Waals surface area contributed by atoms with Crippen LogP contribution in [0.1, 0.15) is 12.8 Å². The molecule has 3 N–H and O–H groups in total. The molecule has 0 radical (unpaired) electrons. The van der Waals surface area contributed by atoms with Crippen LogP contribution in [0.3, 0.4) is 0 Å². The van der Waals surface area contributed by atoms with Crippen molar-refractivity contribution in [1.29, 1.82) is 0 Å². The number of H-pyrrole nitrogens is 1. The summed E-state index contributed by atoms with van der Waals surface area (Å²) in [5, 5.41) is 0.953. The summed E-state index contributed by atoms with van der Waals surface area (Å²) in [7, 11) is 0. The monoisotopic (exact) mass is 428 g/mol. The Hall–Kier alpha value is -3.16. The van der Waals surface area contributed by atoms with Crippen molar-refractivity contribution in [2.45, 2.75) is 18.9 Å². The molecule has 0 spiro atoms. The topological polar surface area (TPSA) is 83.3 Å². The highest BCUT2D eigenvalue weighted by molar-refractivity contribution is 5.97. The van der Waals surface area contributed by atoms with Crippen molar-refractivity contribution in [3.8, 4) is 11.4 Å². The Bertz CT molecular complexity index is 1250. The number of nitrogens with zero attached hydrogens (tertiary/aromatic N) is 4. The third kappa shape index (κ3) is 3.47. The van der Waals surface area contributed by atoms with Gasteiger partial charge in [0.25, 0.3) is 0 Å². The molecule has 7 heteroatoms. The van der Waals surface area contributed by atoms with Crippen LogP contribution in [0.4, 0.5) is 11.4 Å². The zero-order chi connectivity index (χ0) is 21.5. The fourth-order valence-electron chi connectivity index (χ4n) is 5.11. The largest absolute Gasteiger partial charge is 0.398 e. The van der Waals surface area contributed by atoms with E-state index in [0.29, 0.717) is 11.7 Å². The second-order valence-corrected chi connectivity index (χ2v) is 8.76. The van der Waals surface area contributed by atoms with Crippen molar-refractivity contribution in [3.63, 3.8) is 0 Å². The number of nitrogen functional groups attached to an aromatic ring is 1. The van der Waals surface area contributed by atoms with Crippen molar-refractivity contribution in [2.24, 2.45) is 0 Å². The molecule has 2 aromatic heterocycles. The Kier molecular flexibility index (Phi) is 4.92. The molecule has 2 saturated heterocycles. The minimum Gasteiger partial charge on any atom is -0.398 e. The lowest BCUT2D eigenvalue weighted by Crippen LogP contribution is -2.49. The van der Waals surface area contributed by atoms with Gasteiger partial charge in [0.15, 0.2) is 0 Å². The number of imidazole rings is 1. The number of morpholine rings is 1. The number of nitrogens with two attached hydrogens (primary N) is 1. The molecule has 2 aliphatic rings. The van der Waals surface area contributed by atoms with Gasteiger partial charge in [-0.2, -0.15) is 0 Å². The van der Waals surface area contributed by atoms with Crippen LogP contribution >= 0.6 is 0 Å². The lowest BCUT2D eigenvalue weighted by molar-refractivity contribution is 0.0115. The number of benzene rings is 2. The van der Waals surface area contributed by atoms with Crippen molar-refractivity contribution in [1.82, 2.24) is 19.9 Å². The molecule has 7 nitrogen and oxygen atoms in total. The summed E-state index contributed by atoms with van der Waals surface area (Å²) in [5.41, 5.74) is 12.1. The standard InChI is InChI=1S/C25H28N6O/c26-24-19-3-1-2-4-21(19)27-16-20(24)25-28-22-6-5-18(15-23(22)29-25)30-9-7-17(8-10-30)31-11-13-32-14-12-31/h1-6,15-17H,7-14H2,(H2,26,27)(H,28,29). The Morgan fingerprint density at radius 2 is 1.78 bits per heavy atom. The summed E-state index contributed by atoms with van der Waals surface area (Å²) in [5.74, 6) is 0.763. The SMILES string of the molecule is Nc1c(-c2nc3ccc(N4CCC(N5CCOCC5)CC4)cc3[nH]2)cnc2ccccc12. The molecule has 6 rings (SSSR count). The average molecular weight is 429 g/mol. The highest BCUT2D eigenvalue weighted by atomic mass is 16.5. The van der Waals surface area contributed by atoms with E-state index in [1.165, 1.54) is 18.5 Å². The first-order chi connectivity index (χ1) is 15.8. The highest BCUT2D eigenvalue weighted by Crippen LogP contribution is 2.32. The van der Waals surface area contributed by atoms with Crippen LogP contribution in [-0.4, -0.2) is 65.3 Å². The third-order valence-corrected chi connectivity index (χ3v) is 6.93. The van der Waals surface area contributed by atoms with Gasteiger partial charge in [-0.3, -0.25) is 9.88 Å².